The minimum atomic E-state index is 0.0836. The van der Waals surface area contributed by atoms with Crippen LogP contribution < -0.4 is 0 Å². The standard InChI is InChI=1S/C20H18N2OS/c1-22(2)20(23)11-19-21-18(12-24-19)14-7-8-17-15(10-14)9-13-5-3-4-6-16(13)17/h3-8,10,12H,9,11H2,1-2H3. The summed E-state index contributed by atoms with van der Waals surface area (Å²) in [6.07, 6.45) is 1.35. The molecule has 3 aromatic rings. The van der Waals surface area contributed by atoms with Gasteiger partial charge in [0.15, 0.2) is 0 Å². The molecule has 0 radical (unpaired) electrons. The molecule has 0 saturated heterocycles. The van der Waals surface area contributed by atoms with Crippen LogP contribution in [-0.4, -0.2) is 29.9 Å². The number of carbonyl (C=O) groups excluding carboxylic acids is 1. The molecular weight excluding hydrogens is 316 g/mol. The molecule has 3 nitrogen and oxygen atoms in total. The quantitative estimate of drug-likeness (QED) is 0.567. The third-order valence-corrected chi connectivity index (χ3v) is 5.29. The van der Waals surface area contributed by atoms with E-state index in [0.717, 1.165) is 22.7 Å². The topological polar surface area (TPSA) is 33.2 Å². The van der Waals surface area contributed by atoms with E-state index < -0.39 is 0 Å². The van der Waals surface area contributed by atoms with Gasteiger partial charge in [-0.3, -0.25) is 4.79 Å². The number of thiazole rings is 1. The van der Waals surface area contributed by atoms with Gasteiger partial charge in [-0.1, -0.05) is 36.4 Å². The number of nitrogens with zero attached hydrogens (tertiary/aromatic N) is 2. The molecule has 0 spiro atoms. The van der Waals surface area contributed by atoms with Gasteiger partial charge in [-0.05, 0) is 34.7 Å². The van der Waals surface area contributed by atoms with Crippen molar-refractivity contribution < 1.29 is 4.79 Å². The maximum Gasteiger partial charge on any atom is 0.228 e. The third kappa shape index (κ3) is 2.63. The van der Waals surface area contributed by atoms with Crippen molar-refractivity contribution in [1.29, 1.82) is 0 Å². The normalized spacial score (nSPS) is 11.9. The fourth-order valence-corrected chi connectivity index (χ4v) is 3.91. The number of likely N-dealkylation sites (N-methyl/N-ethyl adjacent to an activating group) is 1. The molecule has 0 saturated carbocycles. The van der Waals surface area contributed by atoms with Crippen molar-refractivity contribution in [2.24, 2.45) is 0 Å². The molecule has 0 fully saturated rings. The second-order valence-electron chi connectivity index (χ2n) is 6.30. The summed E-state index contributed by atoms with van der Waals surface area (Å²) in [5.74, 6) is 0.0836. The lowest BCUT2D eigenvalue weighted by atomic mass is 10.0. The summed E-state index contributed by atoms with van der Waals surface area (Å²) in [5, 5.41) is 2.91. The van der Waals surface area contributed by atoms with Crippen LogP contribution in [0.15, 0.2) is 47.8 Å². The Morgan fingerprint density at radius 3 is 2.75 bits per heavy atom. The molecule has 4 rings (SSSR count). The van der Waals surface area contributed by atoms with Gasteiger partial charge in [-0.2, -0.15) is 0 Å². The monoisotopic (exact) mass is 334 g/mol. The Kier molecular flexibility index (Phi) is 3.69. The van der Waals surface area contributed by atoms with Crippen LogP contribution >= 0.6 is 11.3 Å². The molecular formula is C20H18N2OS. The Morgan fingerprint density at radius 2 is 1.92 bits per heavy atom. The highest BCUT2D eigenvalue weighted by Gasteiger charge is 2.19. The first-order chi connectivity index (χ1) is 11.6. The van der Waals surface area contributed by atoms with Gasteiger partial charge in [0.1, 0.15) is 5.01 Å². The Labute approximate surface area is 145 Å². The Balaban J connectivity index is 1.62. The van der Waals surface area contributed by atoms with Gasteiger partial charge >= 0.3 is 0 Å². The van der Waals surface area contributed by atoms with Crippen molar-refractivity contribution in [2.45, 2.75) is 12.8 Å². The minimum absolute atomic E-state index is 0.0836. The highest BCUT2D eigenvalue weighted by molar-refractivity contribution is 7.10. The average molecular weight is 334 g/mol. The summed E-state index contributed by atoms with van der Waals surface area (Å²) >= 11 is 1.55. The number of rotatable bonds is 3. The molecule has 1 aliphatic carbocycles. The van der Waals surface area contributed by atoms with Crippen LogP contribution in [0.1, 0.15) is 16.1 Å². The van der Waals surface area contributed by atoms with E-state index in [9.17, 15) is 4.79 Å². The van der Waals surface area contributed by atoms with Gasteiger partial charge in [0, 0.05) is 25.0 Å². The van der Waals surface area contributed by atoms with E-state index in [1.807, 2.05) is 5.38 Å². The molecule has 120 valence electrons. The predicted molar refractivity (Wildman–Crippen MR) is 98.2 cm³/mol. The minimum Gasteiger partial charge on any atom is -0.348 e. The zero-order valence-corrected chi connectivity index (χ0v) is 14.6. The van der Waals surface area contributed by atoms with E-state index in [1.54, 1.807) is 30.3 Å². The van der Waals surface area contributed by atoms with Crippen LogP contribution in [0.4, 0.5) is 0 Å². The number of hydrogen-bond acceptors (Lipinski definition) is 3. The Bertz CT molecular complexity index is 927. The maximum absolute atomic E-state index is 11.8. The number of hydrogen-bond donors (Lipinski definition) is 0. The molecule has 0 aliphatic heterocycles. The van der Waals surface area contributed by atoms with E-state index in [1.165, 1.54) is 22.3 Å². The van der Waals surface area contributed by atoms with Gasteiger partial charge < -0.3 is 4.90 Å². The second-order valence-corrected chi connectivity index (χ2v) is 7.24. The van der Waals surface area contributed by atoms with Crippen molar-refractivity contribution >= 4 is 17.2 Å². The first-order valence-electron chi connectivity index (χ1n) is 7.98. The van der Waals surface area contributed by atoms with E-state index in [0.29, 0.717) is 6.42 Å². The van der Waals surface area contributed by atoms with E-state index in [4.69, 9.17) is 0 Å². The molecule has 1 aliphatic rings. The molecule has 1 heterocycles. The molecule has 2 aromatic carbocycles. The summed E-state index contributed by atoms with van der Waals surface area (Å²) in [6.45, 7) is 0. The highest BCUT2D eigenvalue weighted by atomic mass is 32.1. The number of carbonyl (C=O) groups is 1. The van der Waals surface area contributed by atoms with Crippen LogP contribution in [0.3, 0.4) is 0 Å². The van der Waals surface area contributed by atoms with Crippen molar-refractivity contribution in [3.8, 4) is 22.4 Å². The van der Waals surface area contributed by atoms with Crippen LogP contribution in [-0.2, 0) is 17.6 Å². The first-order valence-corrected chi connectivity index (χ1v) is 8.86. The van der Waals surface area contributed by atoms with Crippen LogP contribution in [0.25, 0.3) is 22.4 Å². The number of amides is 1. The Hall–Kier alpha value is -2.46. The fraction of sp³-hybridized carbons (Fsp3) is 0.200. The van der Waals surface area contributed by atoms with Crippen LogP contribution in [0.5, 0.6) is 0 Å². The second kappa shape index (κ2) is 5.87. The number of benzene rings is 2. The molecule has 0 atom stereocenters. The fourth-order valence-electron chi connectivity index (χ4n) is 3.12. The number of fused-ring (bicyclic) bond motifs is 3. The molecule has 1 aromatic heterocycles. The first kappa shape index (κ1) is 15.1. The van der Waals surface area contributed by atoms with Crippen LogP contribution in [0, 0.1) is 0 Å². The van der Waals surface area contributed by atoms with Crippen molar-refractivity contribution in [2.75, 3.05) is 14.1 Å². The number of aromatic nitrogens is 1. The largest absolute Gasteiger partial charge is 0.348 e. The lowest BCUT2D eigenvalue weighted by Crippen LogP contribution is -2.23. The van der Waals surface area contributed by atoms with Gasteiger partial charge in [-0.15, -0.1) is 11.3 Å². The van der Waals surface area contributed by atoms with E-state index in [2.05, 4.69) is 47.4 Å². The molecule has 0 bridgehead atoms. The SMILES string of the molecule is CN(C)C(=O)Cc1nc(-c2ccc3c(c2)Cc2ccccc2-3)cs1. The summed E-state index contributed by atoms with van der Waals surface area (Å²) in [4.78, 5) is 18.1. The third-order valence-electron chi connectivity index (χ3n) is 4.44. The summed E-state index contributed by atoms with van der Waals surface area (Å²) in [6, 6.07) is 15.1. The predicted octanol–water partition coefficient (Wildman–Crippen LogP) is 4.01. The van der Waals surface area contributed by atoms with Crippen LogP contribution in [0.2, 0.25) is 0 Å². The lowest BCUT2D eigenvalue weighted by molar-refractivity contribution is -0.127. The maximum atomic E-state index is 11.8. The summed E-state index contributed by atoms with van der Waals surface area (Å²) in [5.41, 5.74) is 7.50. The van der Waals surface area contributed by atoms with Gasteiger partial charge in [-0.25, -0.2) is 4.98 Å². The van der Waals surface area contributed by atoms with Gasteiger partial charge in [0.2, 0.25) is 5.91 Å². The average Bonchev–Trinajstić information content (AvgIpc) is 3.18. The van der Waals surface area contributed by atoms with Crippen molar-refractivity contribution in [3.63, 3.8) is 0 Å². The molecule has 24 heavy (non-hydrogen) atoms. The van der Waals surface area contributed by atoms with Crippen molar-refractivity contribution in [3.05, 3.63) is 64.0 Å². The zero-order valence-electron chi connectivity index (χ0n) is 13.7. The smallest absolute Gasteiger partial charge is 0.228 e. The molecule has 0 unspecified atom stereocenters. The summed E-state index contributed by atoms with van der Waals surface area (Å²) < 4.78 is 0. The molecule has 4 heteroatoms. The Morgan fingerprint density at radius 1 is 1.12 bits per heavy atom. The van der Waals surface area contributed by atoms with Crippen molar-refractivity contribution in [1.82, 2.24) is 9.88 Å². The lowest BCUT2D eigenvalue weighted by Gasteiger charge is -2.07. The summed E-state index contributed by atoms with van der Waals surface area (Å²) in [7, 11) is 3.55. The van der Waals surface area contributed by atoms with E-state index >= 15 is 0 Å². The highest BCUT2D eigenvalue weighted by Crippen LogP contribution is 2.38. The van der Waals surface area contributed by atoms with Gasteiger partial charge in [0.25, 0.3) is 0 Å². The van der Waals surface area contributed by atoms with Gasteiger partial charge in [0.05, 0.1) is 12.1 Å². The molecule has 0 N–H and O–H groups in total. The van der Waals surface area contributed by atoms with E-state index in [-0.39, 0.29) is 5.91 Å². The zero-order chi connectivity index (χ0) is 16.7. The molecule has 1 amide bonds.